The van der Waals surface area contributed by atoms with E-state index < -0.39 is 0 Å². The predicted octanol–water partition coefficient (Wildman–Crippen LogP) is 1.40. The van der Waals surface area contributed by atoms with E-state index in [-0.39, 0.29) is 5.91 Å². The van der Waals surface area contributed by atoms with Crippen LogP contribution in [-0.4, -0.2) is 11.1 Å². The van der Waals surface area contributed by atoms with Gasteiger partial charge in [0.05, 0.1) is 0 Å². The molecule has 0 atom stereocenters. The predicted molar refractivity (Wildman–Crippen MR) is 43.1 cm³/mol. The Balaban J connectivity index is 3.34. The molecular weight excluding hydrogens is 142 g/mol. The number of amides is 1. The first-order valence-electron chi connectivity index (χ1n) is 3.44. The van der Waals surface area contributed by atoms with Crippen LogP contribution in [0.4, 0.5) is 0 Å². The van der Waals surface area contributed by atoms with E-state index in [2.05, 4.69) is 13.2 Å². The van der Waals surface area contributed by atoms with E-state index in [0.717, 1.165) is 12.0 Å². The second-order valence-electron chi connectivity index (χ2n) is 2.25. The largest absolute Gasteiger partial charge is 0.289 e. The van der Waals surface area contributed by atoms with Crippen LogP contribution >= 0.6 is 0 Å². The minimum Gasteiger partial charge on any atom is -0.289 e. The number of nitrogens with one attached hydrogen (secondary N) is 1. The van der Waals surface area contributed by atoms with Crippen LogP contribution in [0.5, 0.6) is 0 Å². The number of rotatable bonds is 5. The first kappa shape index (κ1) is 9.91. The van der Waals surface area contributed by atoms with Gasteiger partial charge >= 0.3 is 0 Å². The minimum absolute atomic E-state index is 0.323. The Labute approximate surface area is 66.4 Å². The van der Waals surface area contributed by atoms with Gasteiger partial charge in [0.2, 0.25) is 5.91 Å². The molecule has 0 aromatic rings. The lowest BCUT2D eigenvalue weighted by atomic mass is 10.1. The lowest BCUT2D eigenvalue weighted by Gasteiger charge is -1.98. The Hall–Kier alpha value is -1.09. The topological polar surface area (TPSA) is 49.3 Å². The van der Waals surface area contributed by atoms with E-state index >= 15 is 0 Å². The zero-order valence-electron chi connectivity index (χ0n) is 6.47. The molecule has 0 aliphatic carbocycles. The molecule has 0 aromatic carbocycles. The van der Waals surface area contributed by atoms with Crippen LogP contribution in [0.25, 0.3) is 0 Å². The SMILES string of the molecule is C=CC(=C)CCCC(=O)NO. The maximum absolute atomic E-state index is 10.5. The Morgan fingerprint density at radius 1 is 1.55 bits per heavy atom. The van der Waals surface area contributed by atoms with Gasteiger partial charge in [0.25, 0.3) is 0 Å². The van der Waals surface area contributed by atoms with Gasteiger partial charge in [-0.15, -0.1) is 0 Å². The Morgan fingerprint density at radius 2 is 2.18 bits per heavy atom. The molecule has 0 radical (unpaired) electrons. The van der Waals surface area contributed by atoms with Crippen molar-refractivity contribution >= 4 is 5.91 Å². The summed E-state index contributed by atoms with van der Waals surface area (Å²) in [6, 6.07) is 0. The second kappa shape index (κ2) is 5.68. The molecule has 3 heteroatoms. The molecule has 0 bridgehead atoms. The summed E-state index contributed by atoms with van der Waals surface area (Å²) >= 11 is 0. The molecule has 0 aliphatic rings. The van der Waals surface area contributed by atoms with Crippen LogP contribution in [0.1, 0.15) is 19.3 Å². The van der Waals surface area contributed by atoms with Gasteiger partial charge in [-0.25, -0.2) is 5.48 Å². The first-order valence-corrected chi connectivity index (χ1v) is 3.44. The third kappa shape index (κ3) is 5.36. The molecule has 1 amide bonds. The highest BCUT2D eigenvalue weighted by atomic mass is 16.5. The van der Waals surface area contributed by atoms with E-state index in [4.69, 9.17) is 5.21 Å². The summed E-state index contributed by atoms with van der Waals surface area (Å²) in [5.74, 6) is -0.359. The number of allylic oxidation sites excluding steroid dienone is 2. The van der Waals surface area contributed by atoms with E-state index in [1.54, 1.807) is 11.6 Å². The summed E-state index contributed by atoms with van der Waals surface area (Å²) < 4.78 is 0. The smallest absolute Gasteiger partial charge is 0.243 e. The zero-order chi connectivity index (χ0) is 8.69. The summed E-state index contributed by atoms with van der Waals surface area (Å²) in [6.45, 7) is 7.21. The van der Waals surface area contributed by atoms with Gasteiger partial charge in [-0.05, 0) is 12.8 Å². The van der Waals surface area contributed by atoms with Crippen molar-refractivity contribution in [2.75, 3.05) is 0 Å². The quantitative estimate of drug-likeness (QED) is 0.358. The number of hydrogen-bond donors (Lipinski definition) is 2. The molecule has 11 heavy (non-hydrogen) atoms. The van der Waals surface area contributed by atoms with E-state index in [1.165, 1.54) is 0 Å². The first-order chi connectivity index (χ1) is 5.20. The molecule has 0 spiro atoms. The average Bonchev–Trinajstić information content (AvgIpc) is 2.04. The molecule has 3 nitrogen and oxygen atoms in total. The Bertz CT molecular complexity index is 163. The molecule has 0 unspecified atom stereocenters. The third-order valence-electron chi connectivity index (χ3n) is 1.32. The highest BCUT2D eigenvalue weighted by molar-refractivity contribution is 5.74. The fourth-order valence-corrected chi connectivity index (χ4v) is 0.634. The summed E-state index contributed by atoms with van der Waals surface area (Å²) in [6.07, 6.45) is 3.42. The van der Waals surface area contributed by atoms with Crippen molar-refractivity contribution < 1.29 is 10.0 Å². The molecule has 62 valence electrons. The van der Waals surface area contributed by atoms with Crippen molar-refractivity contribution in [2.24, 2.45) is 0 Å². The molecular formula is C8H13NO2. The molecule has 0 fully saturated rings. The van der Waals surface area contributed by atoms with Gasteiger partial charge < -0.3 is 0 Å². The zero-order valence-corrected chi connectivity index (χ0v) is 6.47. The molecule has 0 heterocycles. The van der Waals surface area contributed by atoms with Crippen molar-refractivity contribution in [3.8, 4) is 0 Å². The van der Waals surface area contributed by atoms with Crippen LogP contribution in [0.15, 0.2) is 24.8 Å². The molecule has 0 saturated heterocycles. The Kier molecular flexibility index (Phi) is 5.11. The molecule has 0 aliphatic heterocycles. The van der Waals surface area contributed by atoms with Crippen LogP contribution in [0.3, 0.4) is 0 Å². The number of carbonyl (C=O) groups is 1. The monoisotopic (exact) mass is 155 g/mol. The van der Waals surface area contributed by atoms with Crippen molar-refractivity contribution in [1.29, 1.82) is 0 Å². The minimum atomic E-state index is -0.359. The summed E-state index contributed by atoms with van der Waals surface area (Å²) in [7, 11) is 0. The van der Waals surface area contributed by atoms with Crippen LogP contribution in [-0.2, 0) is 4.79 Å². The van der Waals surface area contributed by atoms with Crippen LogP contribution in [0.2, 0.25) is 0 Å². The van der Waals surface area contributed by atoms with E-state index in [1.807, 2.05) is 0 Å². The van der Waals surface area contributed by atoms with E-state index in [9.17, 15) is 4.79 Å². The highest BCUT2D eigenvalue weighted by Gasteiger charge is 1.97. The van der Waals surface area contributed by atoms with Gasteiger partial charge in [0.15, 0.2) is 0 Å². The molecule has 2 N–H and O–H groups in total. The third-order valence-corrected chi connectivity index (χ3v) is 1.32. The maximum Gasteiger partial charge on any atom is 0.243 e. The molecule has 0 rings (SSSR count). The molecule has 0 aromatic heterocycles. The van der Waals surface area contributed by atoms with Crippen molar-refractivity contribution in [3.63, 3.8) is 0 Å². The van der Waals surface area contributed by atoms with Crippen LogP contribution in [0, 0.1) is 0 Å². The molecule has 0 saturated carbocycles. The van der Waals surface area contributed by atoms with Gasteiger partial charge in [-0.1, -0.05) is 24.8 Å². The highest BCUT2D eigenvalue weighted by Crippen LogP contribution is 2.04. The fraction of sp³-hybridized carbons (Fsp3) is 0.375. The summed E-state index contributed by atoms with van der Waals surface area (Å²) in [5.41, 5.74) is 2.48. The Morgan fingerprint density at radius 3 is 2.64 bits per heavy atom. The van der Waals surface area contributed by atoms with Gasteiger partial charge in [0, 0.05) is 6.42 Å². The average molecular weight is 155 g/mol. The van der Waals surface area contributed by atoms with Gasteiger partial charge in [-0.3, -0.25) is 10.0 Å². The maximum atomic E-state index is 10.5. The fourth-order valence-electron chi connectivity index (χ4n) is 0.634. The lowest BCUT2D eigenvalue weighted by molar-refractivity contribution is -0.129. The number of hydroxylamine groups is 1. The summed E-state index contributed by atoms with van der Waals surface area (Å²) in [4.78, 5) is 10.5. The van der Waals surface area contributed by atoms with Gasteiger partial charge in [0.1, 0.15) is 0 Å². The van der Waals surface area contributed by atoms with Crippen LogP contribution < -0.4 is 5.48 Å². The lowest BCUT2D eigenvalue weighted by Crippen LogP contribution is -2.17. The van der Waals surface area contributed by atoms with Crippen molar-refractivity contribution in [2.45, 2.75) is 19.3 Å². The van der Waals surface area contributed by atoms with Crippen molar-refractivity contribution in [1.82, 2.24) is 5.48 Å². The second-order valence-corrected chi connectivity index (χ2v) is 2.25. The van der Waals surface area contributed by atoms with Gasteiger partial charge in [-0.2, -0.15) is 0 Å². The summed E-state index contributed by atoms with van der Waals surface area (Å²) in [5, 5.41) is 8.12. The normalized spacial score (nSPS) is 8.82. The number of carbonyl (C=O) groups excluding carboxylic acids is 1. The van der Waals surface area contributed by atoms with E-state index in [0.29, 0.717) is 12.8 Å². The standard InChI is InChI=1S/C8H13NO2/c1-3-7(2)5-4-6-8(10)9-11/h3,11H,1-2,4-6H2,(H,9,10). The number of hydrogen-bond acceptors (Lipinski definition) is 2. The van der Waals surface area contributed by atoms with Crippen molar-refractivity contribution in [3.05, 3.63) is 24.8 Å².